The van der Waals surface area contributed by atoms with Gasteiger partial charge in [0, 0.05) is 20.3 Å². The molecule has 0 fully saturated rings. The van der Waals surface area contributed by atoms with Crippen LogP contribution >= 0.6 is 63.7 Å². The lowest BCUT2D eigenvalue weighted by Crippen LogP contribution is -2.03. The van der Waals surface area contributed by atoms with E-state index in [0.29, 0.717) is 9.65 Å². The summed E-state index contributed by atoms with van der Waals surface area (Å²) in [6.45, 7) is 0. The number of hydrogen-bond donors (Lipinski definition) is 0. The first-order valence-corrected chi connectivity index (χ1v) is 7.68. The summed E-state index contributed by atoms with van der Waals surface area (Å²) in [6.07, 6.45) is 3.78. The normalized spacial score (nSPS) is 16.4. The Balaban J connectivity index is 3.13. The largest absolute Gasteiger partial charge is 0.0916 e. The highest BCUT2D eigenvalue weighted by Crippen LogP contribution is 2.17. The smallest absolute Gasteiger partial charge is 0.0242 e. The molecule has 0 radical (unpaired) electrons. The van der Waals surface area contributed by atoms with Crippen LogP contribution < -0.4 is 0 Å². The van der Waals surface area contributed by atoms with Crippen LogP contribution in [0.15, 0.2) is 0 Å². The van der Waals surface area contributed by atoms with E-state index in [9.17, 15) is 0 Å². The Morgan fingerprint density at radius 3 is 1.45 bits per heavy atom. The lowest BCUT2D eigenvalue weighted by atomic mass is 10.2. The summed E-state index contributed by atoms with van der Waals surface area (Å²) in [4.78, 5) is 1.27. The summed E-state index contributed by atoms with van der Waals surface area (Å²) in [5.41, 5.74) is 0. The van der Waals surface area contributed by atoms with Gasteiger partial charge in [-0.05, 0) is 12.8 Å². The highest BCUT2D eigenvalue weighted by atomic mass is 79.9. The molecule has 0 amide bonds. The Hall–Kier alpha value is 1.92. The van der Waals surface area contributed by atoms with Crippen LogP contribution in [-0.2, 0) is 0 Å². The zero-order chi connectivity index (χ0) is 8.69. The van der Waals surface area contributed by atoms with Gasteiger partial charge in [-0.1, -0.05) is 70.1 Å². The molecule has 0 unspecified atom stereocenters. The minimum Gasteiger partial charge on any atom is -0.0916 e. The molecule has 0 aliphatic heterocycles. The fourth-order valence-corrected chi connectivity index (χ4v) is 2.01. The van der Waals surface area contributed by atoms with E-state index < -0.39 is 0 Å². The molecule has 0 aliphatic rings. The third kappa shape index (κ3) is 8.26. The lowest BCUT2D eigenvalue weighted by Gasteiger charge is -2.07. The van der Waals surface area contributed by atoms with Crippen molar-refractivity contribution in [2.45, 2.75) is 28.9 Å². The van der Waals surface area contributed by atoms with Gasteiger partial charge in [0.15, 0.2) is 0 Å². The molecule has 2 atom stereocenters. The molecule has 0 nitrogen and oxygen atoms in total. The summed E-state index contributed by atoms with van der Waals surface area (Å²) in [5.74, 6) is 0. The van der Waals surface area contributed by atoms with Gasteiger partial charge in [-0.2, -0.15) is 0 Å². The van der Waals surface area contributed by atoms with Crippen molar-refractivity contribution in [1.29, 1.82) is 0 Å². The van der Waals surface area contributed by atoms with Crippen LogP contribution in [0.5, 0.6) is 0 Å². The average Bonchev–Trinajstić information content (AvgIpc) is 2.04. The fraction of sp³-hybridized carbons (Fsp3) is 1.00. The summed E-state index contributed by atoms with van der Waals surface area (Å²) >= 11 is 14.0. The molecular formula is C7H12Br4. The van der Waals surface area contributed by atoms with Gasteiger partial charge in [-0.15, -0.1) is 0 Å². The van der Waals surface area contributed by atoms with E-state index in [1.54, 1.807) is 0 Å². The summed E-state index contributed by atoms with van der Waals surface area (Å²) in [6, 6.07) is 0. The molecule has 0 aromatic rings. The van der Waals surface area contributed by atoms with Crippen molar-refractivity contribution in [2.24, 2.45) is 0 Å². The molecule has 68 valence electrons. The summed E-state index contributed by atoms with van der Waals surface area (Å²) in [5, 5.41) is 2.10. The van der Waals surface area contributed by atoms with Gasteiger partial charge in [0.1, 0.15) is 0 Å². The topological polar surface area (TPSA) is 0 Å². The van der Waals surface area contributed by atoms with Gasteiger partial charge >= 0.3 is 0 Å². The molecule has 0 heterocycles. The molecule has 0 saturated heterocycles. The second kappa shape index (κ2) is 8.52. The van der Waals surface area contributed by atoms with Crippen molar-refractivity contribution < 1.29 is 0 Å². The molecule has 0 aliphatic carbocycles. The lowest BCUT2D eigenvalue weighted by molar-refractivity contribution is 0.690. The Morgan fingerprint density at radius 1 is 0.818 bits per heavy atom. The van der Waals surface area contributed by atoms with Crippen molar-refractivity contribution >= 4 is 63.7 Å². The van der Waals surface area contributed by atoms with Crippen LogP contribution in [0.25, 0.3) is 0 Å². The number of alkyl halides is 4. The van der Waals surface area contributed by atoms with E-state index in [2.05, 4.69) is 63.7 Å². The van der Waals surface area contributed by atoms with Crippen LogP contribution in [0.2, 0.25) is 0 Å². The van der Waals surface area contributed by atoms with Crippen molar-refractivity contribution in [3.63, 3.8) is 0 Å². The van der Waals surface area contributed by atoms with Crippen LogP contribution in [-0.4, -0.2) is 20.3 Å². The Labute approximate surface area is 102 Å². The highest BCUT2D eigenvalue weighted by Gasteiger charge is 2.04. The van der Waals surface area contributed by atoms with Crippen molar-refractivity contribution in [3.05, 3.63) is 0 Å². The average molecular weight is 416 g/mol. The van der Waals surface area contributed by atoms with Crippen LogP contribution in [0.3, 0.4) is 0 Å². The van der Waals surface area contributed by atoms with Crippen LogP contribution in [0.4, 0.5) is 0 Å². The van der Waals surface area contributed by atoms with Gasteiger partial charge in [-0.25, -0.2) is 0 Å². The Morgan fingerprint density at radius 2 is 1.18 bits per heavy atom. The van der Waals surface area contributed by atoms with E-state index in [0.717, 1.165) is 10.7 Å². The third-order valence-corrected chi connectivity index (χ3v) is 6.23. The number of hydrogen-bond acceptors (Lipinski definition) is 0. The zero-order valence-corrected chi connectivity index (χ0v) is 12.5. The first-order chi connectivity index (χ1) is 5.20. The molecule has 0 spiro atoms. The molecule has 0 aromatic heterocycles. The van der Waals surface area contributed by atoms with Gasteiger partial charge in [0.05, 0.1) is 0 Å². The van der Waals surface area contributed by atoms with Crippen molar-refractivity contribution in [3.8, 4) is 0 Å². The van der Waals surface area contributed by atoms with E-state index >= 15 is 0 Å². The van der Waals surface area contributed by atoms with Gasteiger partial charge in [0.25, 0.3) is 0 Å². The highest BCUT2D eigenvalue weighted by molar-refractivity contribution is 9.12. The quantitative estimate of drug-likeness (QED) is 0.561. The predicted octanol–water partition coefficient (Wildman–Crippen LogP) is 4.47. The van der Waals surface area contributed by atoms with Gasteiger partial charge in [-0.3, -0.25) is 0 Å². The maximum Gasteiger partial charge on any atom is 0.0242 e. The maximum atomic E-state index is 3.57. The zero-order valence-electron chi connectivity index (χ0n) is 6.20. The molecular weight excluding hydrogens is 404 g/mol. The van der Waals surface area contributed by atoms with E-state index in [1.165, 1.54) is 19.3 Å². The molecule has 0 saturated carbocycles. The summed E-state index contributed by atoms with van der Waals surface area (Å²) in [7, 11) is 0. The standard InChI is InChI=1S/C7H12Br4/c8-4-6(10)2-1-3-7(11)5-9/h6-7H,1-5H2/t6-,7-/m0/s1. The minimum atomic E-state index is 0.637. The maximum absolute atomic E-state index is 3.57. The van der Waals surface area contributed by atoms with E-state index in [1.807, 2.05) is 0 Å². The number of rotatable bonds is 6. The number of halogens is 4. The van der Waals surface area contributed by atoms with Crippen molar-refractivity contribution in [1.82, 2.24) is 0 Å². The Bertz CT molecular complexity index is 76.5. The fourth-order valence-electron chi connectivity index (χ4n) is 0.715. The molecule has 4 heteroatoms. The molecule has 0 N–H and O–H groups in total. The molecule has 0 bridgehead atoms. The first-order valence-electron chi connectivity index (χ1n) is 3.60. The predicted molar refractivity (Wildman–Crippen MR) is 66.9 cm³/mol. The molecule has 0 aromatic carbocycles. The Kier molecular flexibility index (Phi) is 10.0. The molecule has 11 heavy (non-hydrogen) atoms. The van der Waals surface area contributed by atoms with Gasteiger partial charge < -0.3 is 0 Å². The monoisotopic (exact) mass is 412 g/mol. The third-order valence-electron chi connectivity index (χ3n) is 1.37. The second-order valence-electron chi connectivity index (χ2n) is 2.43. The van der Waals surface area contributed by atoms with Crippen LogP contribution in [0.1, 0.15) is 19.3 Å². The van der Waals surface area contributed by atoms with Crippen LogP contribution in [0, 0.1) is 0 Å². The SMILES string of the molecule is BrC[C@@H](Br)CCC[C@H](Br)CBr. The second-order valence-corrected chi connectivity index (χ2v) is 6.32. The summed E-state index contributed by atoms with van der Waals surface area (Å²) < 4.78 is 0. The van der Waals surface area contributed by atoms with Crippen molar-refractivity contribution in [2.75, 3.05) is 10.7 Å². The van der Waals surface area contributed by atoms with Gasteiger partial charge in [0.2, 0.25) is 0 Å². The van der Waals surface area contributed by atoms with E-state index in [4.69, 9.17) is 0 Å². The van der Waals surface area contributed by atoms with E-state index in [-0.39, 0.29) is 0 Å². The first kappa shape index (κ1) is 12.9. The molecule has 0 rings (SSSR count). The minimum absolute atomic E-state index is 0.637.